The summed E-state index contributed by atoms with van der Waals surface area (Å²) in [4.78, 5) is 25.7. The monoisotopic (exact) mass is 330 g/mol. The molecule has 128 valence electrons. The maximum atomic E-state index is 13.1. The number of hydrogen-bond donors (Lipinski definition) is 1. The summed E-state index contributed by atoms with van der Waals surface area (Å²) in [7, 11) is 0. The Balaban J connectivity index is 1.88. The zero-order chi connectivity index (χ0) is 17.3. The van der Waals surface area contributed by atoms with Crippen molar-refractivity contribution in [1.82, 2.24) is 19.9 Å². The molecule has 2 atom stereocenters. The van der Waals surface area contributed by atoms with Crippen LogP contribution >= 0.6 is 0 Å². The fourth-order valence-electron chi connectivity index (χ4n) is 3.47. The van der Waals surface area contributed by atoms with E-state index in [1.807, 2.05) is 4.90 Å². The van der Waals surface area contributed by atoms with E-state index in [9.17, 15) is 9.18 Å². The number of rotatable bonds is 3. The summed E-state index contributed by atoms with van der Waals surface area (Å²) in [5.41, 5.74) is 2.81. The smallest absolute Gasteiger partial charge is 0.219 e. The van der Waals surface area contributed by atoms with Crippen LogP contribution in [0.15, 0.2) is 18.3 Å². The first-order chi connectivity index (χ1) is 11.5. The van der Waals surface area contributed by atoms with Gasteiger partial charge in [-0.25, -0.2) is 14.4 Å². The van der Waals surface area contributed by atoms with Gasteiger partial charge in [-0.3, -0.25) is 4.79 Å². The second-order valence-corrected chi connectivity index (χ2v) is 6.50. The van der Waals surface area contributed by atoms with Crippen LogP contribution in [0.25, 0.3) is 11.5 Å². The molecule has 24 heavy (non-hydrogen) atoms. The first-order valence-electron chi connectivity index (χ1n) is 8.45. The Morgan fingerprint density at radius 3 is 2.83 bits per heavy atom. The minimum atomic E-state index is -0.355. The number of imidazole rings is 1. The predicted octanol–water partition coefficient (Wildman–Crippen LogP) is 3.15. The molecule has 1 fully saturated rings. The molecule has 3 heterocycles. The number of pyridine rings is 1. The van der Waals surface area contributed by atoms with Crippen molar-refractivity contribution in [3.8, 4) is 11.5 Å². The van der Waals surface area contributed by atoms with E-state index in [4.69, 9.17) is 4.98 Å². The minimum absolute atomic E-state index is 0.134. The van der Waals surface area contributed by atoms with Crippen LogP contribution in [0.4, 0.5) is 4.39 Å². The van der Waals surface area contributed by atoms with Crippen LogP contribution in [-0.2, 0) is 11.2 Å². The molecule has 2 unspecified atom stereocenters. The maximum Gasteiger partial charge on any atom is 0.219 e. The lowest BCUT2D eigenvalue weighted by Gasteiger charge is -2.36. The number of aromatic amines is 1. The summed E-state index contributed by atoms with van der Waals surface area (Å²) in [6, 6.07) is 3.03. The molecule has 1 amide bonds. The quantitative estimate of drug-likeness (QED) is 0.940. The molecule has 0 aliphatic carbocycles. The minimum Gasteiger partial charge on any atom is -0.343 e. The lowest BCUT2D eigenvalue weighted by atomic mass is 9.83. The fraction of sp³-hybridized carbons (Fsp3) is 0.500. The van der Waals surface area contributed by atoms with Gasteiger partial charge in [-0.2, -0.15) is 0 Å². The van der Waals surface area contributed by atoms with E-state index < -0.39 is 0 Å². The van der Waals surface area contributed by atoms with Crippen LogP contribution in [0.5, 0.6) is 0 Å². The average molecular weight is 330 g/mol. The van der Waals surface area contributed by atoms with Crippen LogP contribution < -0.4 is 0 Å². The van der Waals surface area contributed by atoms with E-state index in [2.05, 4.69) is 23.8 Å². The highest BCUT2D eigenvalue weighted by atomic mass is 19.1. The Morgan fingerprint density at radius 1 is 1.46 bits per heavy atom. The molecule has 0 bridgehead atoms. The number of carbonyl (C=O) groups is 1. The van der Waals surface area contributed by atoms with Crippen LogP contribution in [0.2, 0.25) is 0 Å². The molecule has 0 spiro atoms. The van der Waals surface area contributed by atoms with Gasteiger partial charge in [-0.15, -0.1) is 0 Å². The second-order valence-electron chi connectivity index (χ2n) is 6.50. The van der Waals surface area contributed by atoms with Crippen molar-refractivity contribution < 1.29 is 9.18 Å². The number of halogens is 1. The Kier molecular flexibility index (Phi) is 4.64. The predicted molar refractivity (Wildman–Crippen MR) is 89.9 cm³/mol. The zero-order valence-corrected chi connectivity index (χ0v) is 14.3. The molecule has 1 aliphatic rings. The summed E-state index contributed by atoms with van der Waals surface area (Å²) < 4.78 is 13.1. The molecule has 0 saturated carbocycles. The summed E-state index contributed by atoms with van der Waals surface area (Å²) >= 11 is 0. The lowest BCUT2D eigenvalue weighted by molar-refractivity contribution is -0.130. The SMILES string of the molecule is CCc1[nH]c(-c2ccc(F)cn2)nc1C1CCN(C(C)=O)CC1C. The third-order valence-electron chi connectivity index (χ3n) is 4.84. The van der Waals surface area contributed by atoms with Crippen molar-refractivity contribution in [3.63, 3.8) is 0 Å². The number of H-pyrrole nitrogens is 1. The Hall–Kier alpha value is -2.24. The number of carbonyl (C=O) groups excluding carboxylic acids is 1. The molecule has 6 heteroatoms. The summed E-state index contributed by atoms with van der Waals surface area (Å²) in [6.45, 7) is 7.42. The van der Waals surface area contributed by atoms with E-state index in [1.54, 1.807) is 13.0 Å². The number of hydrogen-bond acceptors (Lipinski definition) is 3. The third-order valence-corrected chi connectivity index (χ3v) is 4.84. The van der Waals surface area contributed by atoms with Gasteiger partial charge in [0.05, 0.1) is 11.9 Å². The largest absolute Gasteiger partial charge is 0.343 e. The van der Waals surface area contributed by atoms with Crippen LogP contribution in [-0.4, -0.2) is 38.8 Å². The normalized spacial score (nSPS) is 21.1. The highest BCUT2D eigenvalue weighted by molar-refractivity contribution is 5.73. The molecule has 1 saturated heterocycles. The second kappa shape index (κ2) is 6.71. The van der Waals surface area contributed by atoms with E-state index in [1.165, 1.54) is 12.3 Å². The molecular formula is C18H23FN4O. The highest BCUT2D eigenvalue weighted by Gasteiger charge is 2.31. The van der Waals surface area contributed by atoms with E-state index >= 15 is 0 Å². The Bertz CT molecular complexity index is 725. The summed E-state index contributed by atoms with van der Waals surface area (Å²) in [5, 5.41) is 0. The highest BCUT2D eigenvalue weighted by Crippen LogP contribution is 2.35. The first-order valence-corrected chi connectivity index (χ1v) is 8.45. The van der Waals surface area contributed by atoms with Crippen molar-refractivity contribution in [1.29, 1.82) is 0 Å². The first kappa shape index (κ1) is 16.6. The zero-order valence-electron chi connectivity index (χ0n) is 14.3. The van der Waals surface area contributed by atoms with Gasteiger partial charge in [0.1, 0.15) is 11.5 Å². The molecule has 2 aromatic heterocycles. The van der Waals surface area contributed by atoms with Gasteiger partial charge >= 0.3 is 0 Å². The molecule has 3 rings (SSSR count). The maximum absolute atomic E-state index is 13.1. The molecular weight excluding hydrogens is 307 g/mol. The van der Waals surface area contributed by atoms with Crippen LogP contribution in [0.3, 0.4) is 0 Å². The van der Waals surface area contributed by atoms with Crippen molar-refractivity contribution in [2.24, 2.45) is 5.92 Å². The van der Waals surface area contributed by atoms with E-state index in [0.717, 1.165) is 37.3 Å². The number of nitrogens with zero attached hydrogens (tertiary/aromatic N) is 3. The molecule has 0 aromatic carbocycles. The summed E-state index contributed by atoms with van der Waals surface area (Å²) in [6.07, 6.45) is 2.97. The van der Waals surface area contributed by atoms with Crippen LogP contribution in [0.1, 0.15) is 44.5 Å². The molecule has 2 aromatic rings. The van der Waals surface area contributed by atoms with Gasteiger partial charge in [0, 0.05) is 31.6 Å². The molecule has 5 nitrogen and oxygen atoms in total. The van der Waals surface area contributed by atoms with E-state index in [0.29, 0.717) is 23.4 Å². The fourth-order valence-corrected chi connectivity index (χ4v) is 3.47. The average Bonchev–Trinajstić information content (AvgIpc) is 2.99. The lowest BCUT2D eigenvalue weighted by Crippen LogP contribution is -2.41. The Morgan fingerprint density at radius 2 is 2.25 bits per heavy atom. The van der Waals surface area contributed by atoms with Gasteiger partial charge in [0.25, 0.3) is 0 Å². The third kappa shape index (κ3) is 3.18. The number of piperidine rings is 1. The number of aryl methyl sites for hydroxylation is 1. The van der Waals surface area contributed by atoms with Gasteiger partial charge in [-0.1, -0.05) is 13.8 Å². The summed E-state index contributed by atoms with van der Waals surface area (Å²) in [5.74, 6) is 1.13. The number of aromatic nitrogens is 3. The van der Waals surface area contributed by atoms with Gasteiger partial charge in [0.2, 0.25) is 5.91 Å². The van der Waals surface area contributed by atoms with Crippen molar-refractivity contribution in [2.45, 2.75) is 39.5 Å². The van der Waals surface area contributed by atoms with Crippen molar-refractivity contribution >= 4 is 5.91 Å². The number of amides is 1. The van der Waals surface area contributed by atoms with Crippen LogP contribution in [0, 0.1) is 11.7 Å². The van der Waals surface area contributed by atoms with Gasteiger partial charge in [-0.05, 0) is 30.9 Å². The molecule has 1 aliphatic heterocycles. The van der Waals surface area contributed by atoms with Gasteiger partial charge < -0.3 is 9.88 Å². The molecule has 0 radical (unpaired) electrons. The van der Waals surface area contributed by atoms with Gasteiger partial charge in [0.15, 0.2) is 5.82 Å². The van der Waals surface area contributed by atoms with E-state index in [-0.39, 0.29) is 11.7 Å². The van der Waals surface area contributed by atoms with Crippen molar-refractivity contribution in [3.05, 3.63) is 35.5 Å². The Labute approximate surface area is 141 Å². The van der Waals surface area contributed by atoms with Crippen molar-refractivity contribution in [2.75, 3.05) is 13.1 Å². The number of likely N-dealkylation sites (tertiary alicyclic amines) is 1. The standard InChI is InChI=1S/C18H23FN4O/c1-4-15-17(14-7-8-23(12(3)24)10-11(14)2)22-18(21-15)16-6-5-13(19)9-20-16/h5-6,9,11,14H,4,7-8,10H2,1-3H3,(H,21,22). The molecule has 1 N–H and O–H groups in total. The number of nitrogens with one attached hydrogen (secondary N) is 1. The topological polar surface area (TPSA) is 61.9 Å².